The summed E-state index contributed by atoms with van der Waals surface area (Å²) in [5, 5.41) is 11.5. The molecule has 1 fully saturated rings. The molecule has 44 heavy (non-hydrogen) atoms. The Hall–Kier alpha value is -2.95. The molecule has 5 atom stereocenters. The van der Waals surface area contributed by atoms with Gasteiger partial charge in [0.1, 0.15) is 30.2 Å². The van der Waals surface area contributed by atoms with Crippen LogP contribution in [0.25, 0.3) is 0 Å². The number of carbonyl (C=O) groups is 5. The quantitative estimate of drug-likeness (QED) is 0.317. The van der Waals surface area contributed by atoms with Crippen molar-refractivity contribution in [3.63, 3.8) is 0 Å². The fourth-order valence-electron chi connectivity index (χ4n) is 5.34. The summed E-state index contributed by atoms with van der Waals surface area (Å²) < 4.78 is 0.879. The molecule has 11 heteroatoms. The van der Waals surface area contributed by atoms with Gasteiger partial charge in [0.15, 0.2) is 0 Å². The summed E-state index contributed by atoms with van der Waals surface area (Å²) in [6.45, 7) is 15.3. The van der Waals surface area contributed by atoms with Crippen molar-refractivity contribution in [2.75, 3.05) is 7.05 Å². The lowest BCUT2D eigenvalue weighted by molar-refractivity contribution is -0.143. The molecule has 0 aromatic heterocycles. The number of nitrogens with zero attached hydrogens (tertiary/aromatic N) is 1. The second kappa shape index (κ2) is 16.9. The maximum absolute atomic E-state index is 14.1. The smallest absolute Gasteiger partial charge is 0.245 e. The molecule has 0 bridgehead atoms. The lowest BCUT2D eigenvalue weighted by Gasteiger charge is -2.33. The Bertz CT molecular complexity index is 1150. The monoisotopic (exact) mass is 677 g/mol. The van der Waals surface area contributed by atoms with Crippen molar-refractivity contribution in [2.45, 2.75) is 111 Å². The van der Waals surface area contributed by atoms with Crippen LogP contribution in [0.15, 0.2) is 28.7 Å². The Morgan fingerprint density at radius 3 is 1.55 bits per heavy atom. The molecule has 0 radical (unpaired) electrons. The van der Waals surface area contributed by atoms with E-state index in [1.54, 1.807) is 7.05 Å². The van der Waals surface area contributed by atoms with Gasteiger partial charge in [0.05, 0.1) is 0 Å². The molecule has 0 aliphatic carbocycles. The molecule has 1 aliphatic rings. The highest BCUT2D eigenvalue weighted by molar-refractivity contribution is 9.10. The van der Waals surface area contributed by atoms with Crippen molar-refractivity contribution in [2.24, 2.45) is 23.7 Å². The zero-order valence-corrected chi connectivity index (χ0v) is 29.3. The number of likely N-dealkylation sites (N-methyl/N-ethyl adjacent to an activating group) is 1. The minimum absolute atomic E-state index is 0.0531. The van der Waals surface area contributed by atoms with E-state index in [0.29, 0.717) is 19.3 Å². The number of halogens is 1. The average Bonchev–Trinajstić information content (AvgIpc) is 2.92. The summed E-state index contributed by atoms with van der Waals surface area (Å²) in [7, 11) is 1.56. The summed E-state index contributed by atoms with van der Waals surface area (Å²) >= 11 is 3.44. The topological polar surface area (TPSA) is 137 Å². The molecule has 2 rings (SSSR count). The van der Waals surface area contributed by atoms with Crippen LogP contribution in [-0.2, 0) is 30.4 Å². The average molecular weight is 679 g/mol. The van der Waals surface area contributed by atoms with Crippen LogP contribution in [0.3, 0.4) is 0 Å². The van der Waals surface area contributed by atoms with Gasteiger partial charge in [0, 0.05) is 17.9 Å². The molecule has 1 aliphatic heterocycles. The molecule has 10 nitrogen and oxygen atoms in total. The van der Waals surface area contributed by atoms with Crippen LogP contribution < -0.4 is 21.3 Å². The fraction of sp³-hybridized carbons (Fsp3) is 0.667. The van der Waals surface area contributed by atoms with Gasteiger partial charge in [-0.1, -0.05) is 83.5 Å². The van der Waals surface area contributed by atoms with Crippen molar-refractivity contribution in [1.29, 1.82) is 0 Å². The van der Waals surface area contributed by atoms with Gasteiger partial charge < -0.3 is 26.2 Å². The van der Waals surface area contributed by atoms with Gasteiger partial charge in [-0.2, -0.15) is 0 Å². The van der Waals surface area contributed by atoms with Crippen LogP contribution in [0.5, 0.6) is 0 Å². The van der Waals surface area contributed by atoms with Crippen LogP contribution in [-0.4, -0.2) is 71.7 Å². The first-order valence-corrected chi connectivity index (χ1v) is 16.5. The third-order valence-electron chi connectivity index (χ3n) is 7.71. The first-order chi connectivity index (χ1) is 20.5. The van der Waals surface area contributed by atoms with Gasteiger partial charge in [-0.05, 0) is 60.6 Å². The number of rotatable bonds is 9. The third-order valence-corrected chi connectivity index (χ3v) is 8.24. The number of hydrogen-bond acceptors (Lipinski definition) is 5. The minimum Gasteiger partial charge on any atom is -0.343 e. The second-order valence-corrected chi connectivity index (χ2v) is 14.5. The first-order valence-electron chi connectivity index (χ1n) is 15.7. The van der Waals surface area contributed by atoms with Crippen molar-refractivity contribution in [3.8, 4) is 0 Å². The van der Waals surface area contributed by atoms with E-state index in [9.17, 15) is 24.0 Å². The third kappa shape index (κ3) is 11.2. The predicted octanol–water partition coefficient (Wildman–Crippen LogP) is 3.57. The van der Waals surface area contributed by atoms with E-state index in [0.717, 1.165) is 10.0 Å². The standard InChI is InChI=1S/C33H52BrN5O5/c1-18(2)14-24-29(40)35-25(15-19(3)4)30(41)38-28(21(7)8)32(43)37-26(16-20(5)6)33(44)39(9)27(31(42)36-24)17-22-10-12-23(34)13-11-22/h10-13,18-21,24-28H,14-17H2,1-9H3,(H,35,40)(H,36,42)(H,37,43)(H,38,41)/t24-,25-,26-,27-,28-/m0/s1. The van der Waals surface area contributed by atoms with E-state index >= 15 is 0 Å². The molecule has 4 N–H and O–H groups in total. The summed E-state index contributed by atoms with van der Waals surface area (Å²) in [4.78, 5) is 70.4. The summed E-state index contributed by atoms with van der Waals surface area (Å²) in [5.41, 5.74) is 0.826. The van der Waals surface area contributed by atoms with Gasteiger partial charge >= 0.3 is 0 Å². The number of benzene rings is 1. The van der Waals surface area contributed by atoms with E-state index in [1.165, 1.54) is 4.90 Å². The lowest BCUT2D eigenvalue weighted by atomic mass is 9.97. The number of carbonyl (C=O) groups excluding carboxylic acids is 5. The molecule has 1 heterocycles. The van der Waals surface area contributed by atoms with E-state index < -0.39 is 59.7 Å². The summed E-state index contributed by atoms with van der Waals surface area (Å²) in [6, 6.07) is 2.81. The molecule has 0 saturated carbocycles. The lowest BCUT2D eigenvalue weighted by Crippen LogP contribution is -2.59. The SMILES string of the molecule is CC(C)C[C@@H]1NC(=O)[C@H](CC(C)C)NC(=O)[C@H](Cc2ccc(Br)cc2)N(C)C(=O)[C@H](CC(C)C)NC(=O)[C@H](C(C)C)NC1=O. The first kappa shape index (κ1) is 37.2. The van der Waals surface area contributed by atoms with Crippen molar-refractivity contribution < 1.29 is 24.0 Å². The van der Waals surface area contributed by atoms with Crippen LogP contribution in [0.1, 0.15) is 80.2 Å². The maximum atomic E-state index is 14.1. The van der Waals surface area contributed by atoms with Crippen molar-refractivity contribution in [3.05, 3.63) is 34.3 Å². The molecular formula is C33H52BrN5O5. The molecule has 0 unspecified atom stereocenters. The van der Waals surface area contributed by atoms with Crippen molar-refractivity contribution in [1.82, 2.24) is 26.2 Å². The minimum atomic E-state index is -0.963. The molecule has 1 aromatic carbocycles. The van der Waals surface area contributed by atoms with E-state index in [2.05, 4.69) is 37.2 Å². The Balaban J connectivity index is 2.67. The van der Waals surface area contributed by atoms with Gasteiger partial charge in [-0.3, -0.25) is 24.0 Å². The fourth-order valence-corrected chi connectivity index (χ4v) is 5.60. The Kier molecular flexibility index (Phi) is 14.3. The Labute approximate surface area is 271 Å². The van der Waals surface area contributed by atoms with Gasteiger partial charge in [0.25, 0.3) is 0 Å². The van der Waals surface area contributed by atoms with Crippen LogP contribution in [0.4, 0.5) is 0 Å². The van der Waals surface area contributed by atoms with Crippen LogP contribution in [0.2, 0.25) is 0 Å². The molecule has 246 valence electrons. The molecule has 0 spiro atoms. The zero-order valence-electron chi connectivity index (χ0n) is 27.7. The summed E-state index contributed by atoms with van der Waals surface area (Å²) in [5.74, 6) is -2.49. The predicted molar refractivity (Wildman–Crippen MR) is 175 cm³/mol. The largest absolute Gasteiger partial charge is 0.343 e. The highest BCUT2D eigenvalue weighted by atomic mass is 79.9. The highest BCUT2D eigenvalue weighted by Crippen LogP contribution is 2.18. The maximum Gasteiger partial charge on any atom is 0.245 e. The Morgan fingerprint density at radius 2 is 1.07 bits per heavy atom. The molecular weight excluding hydrogens is 626 g/mol. The number of hydrogen-bond donors (Lipinski definition) is 4. The van der Waals surface area contributed by atoms with Gasteiger partial charge in [0.2, 0.25) is 29.5 Å². The normalized spacial score (nSPS) is 24.6. The highest BCUT2D eigenvalue weighted by Gasteiger charge is 2.38. The van der Waals surface area contributed by atoms with E-state index in [-0.39, 0.29) is 30.1 Å². The van der Waals surface area contributed by atoms with Crippen LogP contribution in [0, 0.1) is 23.7 Å². The second-order valence-electron chi connectivity index (χ2n) is 13.6. The molecule has 1 saturated heterocycles. The van der Waals surface area contributed by atoms with Crippen LogP contribution >= 0.6 is 15.9 Å². The van der Waals surface area contributed by atoms with Gasteiger partial charge in [-0.15, -0.1) is 0 Å². The van der Waals surface area contributed by atoms with E-state index in [1.807, 2.05) is 79.7 Å². The Morgan fingerprint density at radius 1 is 0.636 bits per heavy atom. The molecule has 5 amide bonds. The van der Waals surface area contributed by atoms with Crippen molar-refractivity contribution >= 4 is 45.5 Å². The molecule has 1 aromatic rings. The number of amides is 5. The van der Waals surface area contributed by atoms with E-state index in [4.69, 9.17) is 0 Å². The zero-order chi connectivity index (χ0) is 33.3. The number of nitrogens with one attached hydrogen (secondary N) is 4. The summed E-state index contributed by atoms with van der Waals surface area (Å²) in [6.07, 6.45) is 1.22. The van der Waals surface area contributed by atoms with Gasteiger partial charge in [-0.25, -0.2) is 0 Å².